The van der Waals surface area contributed by atoms with Crippen LogP contribution in [-0.4, -0.2) is 13.1 Å². The normalized spacial score (nSPS) is 36.4. The van der Waals surface area contributed by atoms with Gasteiger partial charge < -0.3 is 5.32 Å². The Morgan fingerprint density at radius 3 is 2.35 bits per heavy atom. The van der Waals surface area contributed by atoms with Gasteiger partial charge in [-0.2, -0.15) is 0 Å². The van der Waals surface area contributed by atoms with Crippen LogP contribution in [0.1, 0.15) is 59.8 Å². The summed E-state index contributed by atoms with van der Waals surface area (Å²) < 4.78 is 0. The molecule has 1 heteroatoms. The van der Waals surface area contributed by atoms with Crippen molar-refractivity contribution in [1.29, 1.82) is 0 Å². The minimum Gasteiger partial charge on any atom is -0.316 e. The van der Waals surface area contributed by atoms with E-state index in [-0.39, 0.29) is 0 Å². The minimum absolute atomic E-state index is 0.659. The largest absolute Gasteiger partial charge is 0.316 e. The molecular formula is C16H31N. The lowest BCUT2D eigenvalue weighted by Gasteiger charge is -2.40. The molecular weight excluding hydrogens is 206 g/mol. The van der Waals surface area contributed by atoms with Crippen LogP contribution in [0.15, 0.2) is 0 Å². The molecule has 2 aliphatic rings. The van der Waals surface area contributed by atoms with Crippen LogP contribution in [0.5, 0.6) is 0 Å². The Labute approximate surface area is 108 Å². The summed E-state index contributed by atoms with van der Waals surface area (Å²) in [5.74, 6) is 3.74. The van der Waals surface area contributed by atoms with Crippen LogP contribution in [0.2, 0.25) is 0 Å². The lowest BCUT2D eigenvalue weighted by molar-refractivity contribution is 0.122. The van der Waals surface area contributed by atoms with Crippen molar-refractivity contribution >= 4 is 0 Å². The molecule has 2 aliphatic carbocycles. The van der Waals surface area contributed by atoms with Crippen LogP contribution in [0.4, 0.5) is 0 Å². The second kappa shape index (κ2) is 5.30. The molecule has 0 spiro atoms. The second-order valence-corrected chi connectivity index (χ2v) is 7.57. The third-order valence-electron chi connectivity index (χ3n) is 4.95. The van der Waals surface area contributed by atoms with E-state index in [0.29, 0.717) is 5.41 Å². The molecule has 0 aromatic rings. The summed E-state index contributed by atoms with van der Waals surface area (Å²) in [4.78, 5) is 0. The van der Waals surface area contributed by atoms with E-state index in [0.717, 1.165) is 23.7 Å². The van der Waals surface area contributed by atoms with Gasteiger partial charge in [0.1, 0.15) is 0 Å². The third-order valence-corrected chi connectivity index (χ3v) is 4.95. The fraction of sp³-hybridized carbons (Fsp3) is 1.00. The van der Waals surface area contributed by atoms with Crippen molar-refractivity contribution in [3.8, 4) is 0 Å². The second-order valence-electron chi connectivity index (χ2n) is 7.57. The third kappa shape index (κ3) is 3.05. The van der Waals surface area contributed by atoms with Crippen molar-refractivity contribution in [2.75, 3.05) is 13.1 Å². The number of rotatable bonds is 6. The molecule has 0 radical (unpaired) electrons. The molecule has 0 saturated heterocycles. The smallest absolute Gasteiger partial charge is 0.00108 e. The Hall–Kier alpha value is -0.0400. The van der Waals surface area contributed by atoms with Gasteiger partial charge in [0, 0.05) is 6.54 Å². The van der Waals surface area contributed by atoms with E-state index in [2.05, 4.69) is 33.0 Å². The maximum absolute atomic E-state index is 3.76. The highest BCUT2D eigenvalue weighted by molar-refractivity contribution is 5.01. The fourth-order valence-electron chi connectivity index (χ4n) is 4.52. The molecule has 0 aromatic carbocycles. The van der Waals surface area contributed by atoms with Gasteiger partial charge in [-0.1, -0.05) is 34.1 Å². The zero-order valence-electron chi connectivity index (χ0n) is 12.3. The van der Waals surface area contributed by atoms with E-state index in [1.54, 1.807) is 0 Å². The van der Waals surface area contributed by atoms with E-state index < -0.39 is 0 Å². The molecule has 2 fully saturated rings. The molecule has 0 heterocycles. The molecule has 0 aliphatic heterocycles. The van der Waals surface area contributed by atoms with Gasteiger partial charge in [0.05, 0.1) is 0 Å². The number of hydrogen-bond acceptors (Lipinski definition) is 1. The first-order valence-electron chi connectivity index (χ1n) is 7.72. The lowest BCUT2D eigenvalue weighted by atomic mass is 9.68. The number of fused-ring (bicyclic) bond motifs is 2. The molecule has 2 bridgehead atoms. The van der Waals surface area contributed by atoms with Crippen LogP contribution in [0.25, 0.3) is 0 Å². The summed E-state index contributed by atoms with van der Waals surface area (Å²) in [6.07, 6.45) is 7.53. The molecule has 1 N–H and O–H groups in total. The molecule has 3 atom stereocenters. The van der Waals surface area contributed by atoms with Gasteiger partial charge in [0.15, 0.2) is 0 Å². The highest BCUT2D eigenvalue weighted by atomic mass is 14.9. The molecule has 100 valence electrons. The summed E-state index contributed by atoms with van der Waals surface area (Å²) in [5, 5.41) is 3.76. The molecule has 0 amide bonds. The molecule has 1 nitrogen and oxygen atoms in total. The van der Waals surface area contributed by atoms with E-state index in [9.17, 15) is 0 Å². The highest BCUT2D eigenvalue weighted by Crippen LogP contribution is 2.58. The zero-order valence-corrected chi connectivity index (χ0v) is 12.3. The summed E-state index contributed by atoms with van der Waals surface area (Å²) in [7, 11) is 0. The van der Waals surface area contributed by atoms with Crippen LogP contribution < -0.4 is 5.32 Å². The summed E-state index contributed by atoms with van der Waals surface area (Å²) in [6.45, 7) is 11.9. The molecule has 2 rings (SSSR count). The van der Waals surface area contributed by atoms with E-state index in [1.165, 1.54) is 45.2 Å². The van der Waals surface area contributed by atoms with Crippen molar-refractivity contribution < 1.29 is 0 Å². The first-order chi connectivity index (χ1) is 8.02. The Kier molecular flexibility index (Phi) is 4.18. The Morgan fingerprint density at radius 2 is 1.88 bits per heavy atom. The quantitative estimate of drug-likeness (QED) is 0.734. The topological polar surface area (TPSA) is 12.0 Å². The van der Waals surface area contributed by atoms with Gasteiger partial charge in [-0.05, 0) is 61.3 Å². The van der Waals surface area contributed by atoms with Crippen LogP contribution in [0.3, 0.4) is 0 Å². The number of nitrogens with one attached hydrogen (secondary N) is 1. The molecule has 17 heavy (non-hydrogen) atoms. The number of hydrogen-bond donors (Lipinski definition) is 1. The summed E-state index contributed by atoms with van der Waals surface area (Å²) >= 11 is 0. The highest BCUT2D eigenvalue weighted by Gasteiger charge is 2.50. The summed E-state index contributed by atoms with van der Waals surface area (Å²) in [5.41, 5.74) is 0.659. The average Bonchev–Trinajstić information content (AvgIpc) is 2.75. The van der Waals surface area contributed by atoms with E-state index >= 15 is 0 Å². The van der Waals surface area contributed by atoms with E-state index in [1.807, 2.05) is 0 Å². The SMILES string of the molecule is CC(C)CNCC1(CC(C)C)CC2CCC1C2. The van der Waals surface area contributed by atoms with Crippen molar-refractivity contribution in [1.82, 2.24) is 5.32 Å². The first-order valence-corrected chi connectivity index (χ1v) is 7.72. The van der Waals surface area contributed by atoms with Crippen LogP contribution in [-0.2, 0) is 0 Å². The maximum atomic E-state index is 3.76. The predicted octanol–water partition coefficient (Wildman–Crippen LogP) is 4.08. The van der Waals surface area contributed by atoms with Crippen LogP contribution >= 0.6 is 0 Å². The summed E-state index contributed by atoms with van der Waals surface area (Å²) in [6, 6.07) is 0. The Morgan fingerprint density at radius 1 is 1.12 bits per heavy atom. The Balaban J connectivity index is 1.94. The van der Waals surface area contributed by atoms with Gasteiger partial charge >= 0.3 is 0 Å². The maximum Gasteiger partial charge on any atom is 0.00108 e. The first kappa shape index (κ1) is 13.4. The predicted molar refractivity (Wildman–Crippen MR) is 75.0 cm³/mol. The Bertz CT molecular complexity index is 246. The van der Waals surface area contributed by atoms with Gasteiger partial charge in [-0.3, -0.25) is 0 Å². The molecule has 3 unspecified atom stereocenters. The van der Waals surface area contributed by atoms with E-state index in [4.69, 9.17) is 0 Å². The van der Waals surface area contributed by atoms with Gasteiger partial charge in [0.25, 0.3) is 0 Å². The average molecular weight is 237 g/mol. The lowest BCUT2D eigenvalue weighted by Crippen LogP contribution is -2.40. The van der Waals surface area contributed by atoms with Crippen molar-refractivity contribution in [2.24, 2.45) is 29.1 Å². The molecule has 0 aromatic heterocycles. The van der Waals surface area contributed by atoms with Crippen LogP contribution in [0, 0.1) is 29.1 Å². The zero-order chi connectivity index (χ0) is 12.5. The van der Waals surface area contributed by atoms with Crippen molar-refractivity contribution in [3.05, 3.63) is 0 Å². The standard InChI is InChI=1S/C16H31N/c1-12(2)8-16(11-17-10-13(3)4)9-14-5-6-15(16)7-14/h12-15,17H,5-11H2,1-4H3. The van der Waals surface area contributed by atoms with Crippen molar-refractivity contribution in [2.45, 2.75) is 59.8 Å². The van der Waals surface area contributed by atoms with Gasteiger partial charge in [0.2, 0.25) is 0 Å². The monoisotopic (exact) mass is 237 g/mol. The van der Waals surface area contributed by atoms with Crippen molar-refractivity contribution in [3.63, 3.8) is 0 Å². The minimum atomic E-state index is 0.659. The van der Waals surface area contributed by atoms with Gasteiger partial charge in [-0.15, -0.1) is 0 Å². The van der Waals surface area contributed by atoms with Gasteiger partial charge in [-0.25, -0.2) is 0 Å². The fourth-order valence-corrected chi connectivity index (χ4v) is 4.52. The molecule has 2 saturated carbocycles.